The van der Waals surface area contributed by atoms with E-state index in [1.807, 2.05) is 48.5 Å². The zero-order valence-corrected chi connectivity index (χ0v) is 18.1. The number of halogens is 4. The molecule has 160 valence electrons. The monoisotopic (exact) mass is 460 g/mol. The van der Waals surface area contributed by atoms with Crippen LogP contribution in [0.3, 0.4) is 0 Å². The van der Waals surface area contributed by atoms with Crippen LogP contribution in [0.15, 0.2) is 66.7 Å². The topological polar surface area (TPSA) is 23.6 Å². The first-order valence-electron chi connectivity index (χ1n) is 9.91. The molecule has 3 aromatic rings. The number of nitrogens with zero attached hydrogens (tertiary/aromatic N) is 2. The zero-order valence-electron chi connectivity index (χ0n) is 16.6. The van der Waals surface area contributed by atoms with E-state index in [2.05, 4.69) is 4.90 Å². The largest absolute Gasteiger partial charge is 0.336 e. The van der Waals surface area contributed by atoms with E-state index in [1.54, 1.807) is 4.90 Å². The molecule has 0 bridgehead atoms. The van der Waals surface area contributed by atoms with Crippen molar-refractivity contribution in [2.45, 2.75) is 6.04 Å². The van der Waals surface area contributed by atoms with Gasteiger partial charge >= 0.3 is 0 Å². The molecule has 0 radical (unpaired) electrons. The van der Waals surface area contributed by atoms with Crippen molar-refractivity contribution in [1.29, 1.82) is 0 Å². The Morgan fingerprint density at radius 1 is 0.774 bits per heavy atom. The van der Waals surface area contributed by atoms with Crippen LogP contribution in [-0.2, 0) is 0 Å². The minimum atomic E-state index is -0.714. The molecule has 7 heteroatoms. The summed E-state index contributed by atoms with van der Waals surface area (Å²) in [7, 11) is 0. The van der Waals surface area contributed by atoms with E-state index in [-0.39, 0.29) is 11.6 Å². The summed E-state index contributed by atoms with van der Waals surface area (Å²) in [5, 5.41) is 1.32. The van der Waals surface area contributed by atoms with E-state index in [4.69, 9.17) is 23.2 Å². The van der Waals surface area contributed by atoms with E-state index in [0.29, 0.717) is 36.2 Å². The molecule has 0 spiro atoms. The Morgan fingerprint density at radius 2 is 1.29 bits per heavy atom. The number of carbonyl (C=O) groups is 1. The van der Waals surface area contributed by atoms with E-state index in [1.165, 1.54) is 0 Å². The normalized spacial score (nSPS) is 14.8. The first kappa shape index (κ1) is 21.8. The number of rotatable bonds is 4. The third-order valence-corrected chi connectivity index (χ3v) is 6.00. The second-order valence-corrected chi connectivity index (χ2v) is 8.33. The first-order valence-corrected chi connectivity index (χ1v) is 10.7. The van der Waals surface area contributed by atoms with Crippen molar-refractivity contribution in [2.24, 2.45) is 0 Å². The minimum Gasteiger partial charge on any atom is -0.336 e. The van der Waals surface area contributed by atoms with Gasteiger partial charge in [0.2, 0.25) is 0 Å². The fourth-order valence-corrected chi connectivity index (χ4v) is 4.17. The third kappa shape index (κ3) is 4.90. The highest BCUT2D eigenvalue weighted by Crippen LogP contribution is 2.31. The summed E-state index contributed by atoms with van der Waals surface area (Å²) < 4.78 is 27.6. The average Bonchev–Trinajstić information content (AvgIpc) is 2.78. The molecule has 0 unspecified atom stereocenters. The Balaban J connectivity index is 1.55. The van der Waals surface area contributed by atoms with Crippen molar-refractivity contribution in [1.82, 2.24) is 9.80 Å². The van der Waals surface area contributed by atoms with Crippen molar-refractivity contribution in [3.63, 3.8) is 0 Å². The van der Waals surface area contributed by atoms with Gasteiger partial charge in [-0.3, -0.25) is 9.69 Å². The van der Waals surface area contributed by atoms with Crippen LogP contribution in [0.2, 0.25) is 10.0 Å². The first-order chi connectivity index (χ1) is 14.9. The average molecular weight is 461 g/mol. The SMILES string of the molecule is O=C(c1cc(F)ccc1F)N1CCN(C(c2ccc(Cl)cc2)c2ccc(Cl)cc2)CC1. The molecule has 3 aromatic carbocycles. The highest BCUT2D eigenvalue weighted by atomic mass is 35.5. The predicted octanol–water partition coefficient (Wildman–Crippen LogP) is 5.82. The molecule has 3 nitrogen and oxygen atoms in total. The summed E-state index contributed by atoms with van der Waals surface area (Å²) in [6, 6.07) is 18.3. The fourth-order valence-electron chi connectivity index (χ4n) is 3.92. The van der Waals surface area contributed by atoms with Crippen molar-refractivity contribution in [2.75, 3.05) is 26.2 Å². The van der Waals surface area contributed by atoms with Gasteiger partial charge in [-0.2, -0.15) is 0 Å². The lowest BCUT2D eigenvalue weighted by Crippen LogP contribution is -2.50. The number of hydrogen-bond donors (Lipinski definition) is 0. The van der Waals surface area contributed by atoms with Crippen LogP contribution >= 0.6 is 23.2 Å². The van der Waals surface area contributed by atoms with Crippen molar-refractivity contribution < 1.29 is 13.6 Å². The summed E-state index contributed by atoms with van der Waals surface area (Å²) in [6.07, 6.45) is 0. The molecule has 0 aromatic heterocycles. The maximum absolute atomic E-state index is 14.0. The maximum atomic E-state index is 14.0. The van der Waals surface area contributed by atoms with Crippen LogP contribution in [0.5, 0.6) is 0 Å². The molecule has 0 atom stereocenters. The maximum Gasteiger partial charge on any atom is 0.257 e. The van der Waals surface area contributed by atoms with Gasteiger partial charge in [0.1, 0.15) is 11.6 Å². The lowest BCUT2D eigenvalue weighted by molar-refractivity contribution is 0.0592. The molecule has 1 saturated heterocycles. The van der Waals surface area contributed by atoms with Crippen LogP contribution in [0.1, 0.15) is 27.5 Å². The molecule has 0 aliphatic carbocycles. The number of carbonyl (C=O) groups excluding carboxylic acids is 1. The van der Waals surface area contributed by atoms with Crippen molar-refractivity contribution in [3.8, 4) is 0 Å². The smallest absolute Gasteiger partial charge is 0.257 e. The number of amides is 1. The third-order valence-electron chi connectivity index (χ3n) is 5.50. The summed E-state index contributed by atoms with van der Waals surface area (Å²) in [5.74, 6) is -1.84. The lowest BCUT2D eigenvalue weighted by atomic mass is 9.96. The van der Waals surface area contributed by atoms with Crippen LogP contribution in [-0.4, -0.2) is 41.9 Å². The highest BCUT2D eigenvalue weighted by molar-refractivity contribution is 6.30. The fraction of sp³-hybridized carbons (Fsp3) is 0.208. The van der Waals surface area contributed by atoms with Gasteiger partial charge in [-0.15, -0.1) is 0 Å². The molecule has 0 N–H and O–H groups in total. The van der Waals surface area contributed by atoms with Crippen LogP contribution in [0, 0.1) is 11.6 Å². The Bertz CT molecular complexity index is 1020. The molecule has 1 heterocycles. The Labute approximate surface area is 189 Å². The van der Waals surface area contributed by atoms with Gasteiger partial charge in [-0.05, 0) is 53.6 Å². The van der Waals surface area contributed by atoms with Crippen molar-refractivity contribution in [3.05, 3.63) is 105 Å². The number of piperazine rings is 1. The number of benzene rings is 3. The standard InChI is InChI=1S/C24H20Cl2F2N2O/c25-18-5-1-16(2-6-18)23(17-3-7-19(26)8-4-17)29-11-13-30(14-12-29)24(31)21-15-20(27)9-10-22(21)28/h1-10,15,23H,11-14H2. The number of hydrogen-bond acceptors (Lipinski definition) is 2. The van der Waals surface area contributed by atoms with Gasteiger partial charge in [-0.1, -0.05) is 47.5 Å². The molecule has 1 aliphatic heterocycles. The van der Waals surface area contributed by atoms with E-state index >= 15 is 0 Å². The minimum absolute atomic E-state index is 0.0438. The van der Waals surface area contributed by atoms with Gasteiger partial charge < -0.3 is 4.90 Å². The molecule has 31 heavy (non-hydrogen) atoms. The summed E-state index contributed by atoms with van der Waals surface area (Å²) >= 11 is 12.1. The summed E-state index contributed by atoms with van der Waals surface area (Å²) in [5.41, 5.74) is 1.91. The van der Waals surface area contributed by atoms with E-state index < -0.39 is 17.5 Å². The van der Waals surface area contributed by atoms with Crippen molar-refractivity contribution >= 4 is 29.1 Å². The predicted molar refractivity (Wildman–Crippen MR) is 119 cm³/mol. The lowest BCUT2D eigenvalue weighted by Gasteiger charge is -2.40. The van der Waals surface area contributed by atoms with Gasteiger partial charge in [0.25, 0.3) is 5.91 Å². The van der Waals surface area contributed by atoms with Gasteiger partial charge in [0, 0.05) is 36.2 Å². The Hall–Kier alpha value is -2.47. The van der Waals surface area contributed by atoms with Gasteiger partial charge in [0.15, 0.2) is 0 Å². The van der Waals surface area contributed by atoms with E-state index in [9.17, 15) is 13.6 Å². The molecule has 0 saturated carbocycles. The summed E-state index contributed by atoms with van der Waals surface area (Å²) in [4.78, 5) is 16.6. The van der Waals surface area contributed by atoms with Crippen LogP contribution < -0.4 is 0 Å². The second-order valence-electron chi connectivity index (χ2n) is 7.46. The molecular formula is C24H20Cl2F2N2O. The zero-order chi connectivity index (χ0) is 22.0. The molecule has 1 fully saturated rings. The highest BCUT2D eigenvalue weighted by Gasteiger charge is 2.29. The Morgan fingerprint density at radius 3 is 1.81 bits per heavy atom. The van der Waals surface area contributed by atoms with Crippen LogP contribution in [0.25, 0.3) is 0 Å². The summed E-state index contributed by atoms with van der Waals surface area (Å²) in [6.45, 7) is 1.98. The van der Waals surface area contributed by atoms with E-state index in [0.717, 1.165) is 29.3 Å². The quantitative estimate of drug-likeness (QED) is 0.489. The molecule has 1 amide bonds. The molecule has 4 rings (SSSR count). The molecule has 1 aliphatic rings. The van der Waals surface area contributed by atoms with Gasteiger partial charge in [0.05, 0.1) is 11.6 Å². The molecular weight excluding hydrogens is 441 g/mol. The second kappa shape index (κ2) is 9.35. The van der Waals surface area contributed by atoms with Gasteiger partial charge in [-0.25, -0.2) is 8.78 Å². The Kier molecular flexibility index (Phi) is 6.56. The van der Waals surface area contributed by atoms with Crippen LogP contribution in [0.4, 0.5) is 8.78 Å².